The van der Waals surface area contributed by atoms with Crippen LogP contribution in [0.4, 0.5) is 5.82 Å². The van der Waals surface area contributed by atoms with Crippen molar-refractivity contribution in [2.45, 2.75) is 98.6 Å². The molecule has 4 rings (SSSR count). The highest BCUT2D eigenvalue weighted by atomic mass is 31.2. The van der Waals surface area contributed by atoms with Gasteiger partial charge >= 0.3 is 7.82 Å². The molecule has 0 fully saturated rings. The molecule has 0 atom stereocenters. The number of amides is 1. The van der Waals surface area contributed by atoms with Crippen molar-refractivity contribution in [1.82, 2.24) is 19.9 Å². The van der Waals surface area contributed by atoms with Crippen LogP contribution in [0.3, 0.4) is 0 Å². The number of nitrogens with zero attached hydrogens (tertiary/aromatic N) is 3. The molecule has 4 aromatic rings. The van der Waals surface area contributed by atoms with Crippen LogP contribution in [0.1, 0.15) is 91.6 Å². The molecule has 0 bridgehead atoms. The van der Waals surface area contributed by atoms with Crippen molar-refractivity contribution >= 4 is 41.5 Å². The number of aromatic hydroxyl groups is 1. The van der Waals surface area contributed by atoms with E-state index in [-0.39, 0.29) is 29.8 Å². The number of imidazole rings is 1. The summed E-state index contributed by atoms with van der Waals surface area (Å²) in [6.07, 6.45) is 2.86. The van der Waals surface area contributed by atoms with Crippen LogP contribution in [0.15, 0.2) is 36.4 Å². The van der Waals surface area contributed by atoms with E-state index in [4.69, 9.17) is 20.2 Å². The first-order valence-corrected chi connectivity index (χ1v) is 16.6. The third-order valence-electron chi connectivity index (χ3n) is 8.22. The summed E-state index contributed by atoms with van der Waals surface area (Å²) < 4.78 is 18.1. The number of benzene rings is 2. The number of carbonyl (C=O) groups is 1. The summed E-state index contributed by atoms with van der Waals surface area (Å²) in [5.74, 6) is 0.318. The number of nitrogen functional groups attached to an aromatic ring is 1. The average molecular weight is 628 g/mol. The van der Waals surface area contributed by atoms with Gasteiger partial charge in [-0.15, -0.1) is 0 Å². The second-order valence-electron chi connectivity index (χ2n) is 11.6. The zero-order valence-corrected chi connectivity index (χ0v) is 27.8. The molecule has 2 aromatic carbocycles. The Kier molecular flexibility index (Phi) is 10.7. The second kappa shape index (κ2) is 13.5. The zero-order chi connectivity index (χ0) is 33.0. The molecule has 0 aliphatic heterocycles. The number of phenols is 1. The van der Waals surface area contributed by atoms with Gasteiger partial charge in [0, 0.05) is 34.7 Å². The van der Waals surface area contributed by atoms with Crippen LogP contribution in [0, 0.1) is 0 Å². The summed E-state index contributed by atoms with van der Waals surface area (Å²) >= 11 is 0. The Morgan fingerprint density at radius 1 is 1.09 bits per heavy atom. The minimum Gasteiger partial charge on any atom is -0.504 e. The summed E-state index contributed by atoms with van der Waals surface area (Å²) in [7, 11) is -4.88. The highest BCUT2D eigenvalue weighted by Crippen LogP contribution is 2.43. The summed E-state index contributed by atoms with van der Waals surface area (Å²) in [5.41, 5.74) is 8.77. The lowest BCUT2D eigenvalue weighted by molar-refractivity contribution is -0.123. The fraction of sp³-hybridized carbons (Fsp3) is 0.469. The number of nitrogens with one attached hydrogen (secondary N) is 1. The predicted octanol–water partition coefficient (Wildman–Crippen LogP) is 6.34. The number of fused-ring (bicyclic) bond motifs is 3. The van der Waals surface area contributed by atoms with E-state index in [2.05, 4.69) is 26.1 Å². The molecule has 0 saturated carbocycles. The molecular formula is C32H46N5O6P. The number of hydrogen-bond donors (Lipinski definition) is 5. The molecule has 1 amide bonds. The zero-order valence-electron chi connectivity index (χ0n) is 26.9. The van der Waals surface area contributed by atoms with Crippen molar-refractivity contribution in [2.75, 3.05) is 5.73 Å². The van der Waals surface area contributed by atoms with Crippen LogP contribution in [-0.2, 0) is 27.7 Å². The summed E-state index contributed by atoms with van der Waals surface area (Å²) in [6, 6.07) is 10.5. The molecule has 6 N–H and O–H groups in total. The van der Waals surface area contributed by atoms with Crippen molar-refractivity contribution in [1.29, 1.82) is 0 Å². The number of anilines is 1. The predicted molar refractivity (Wildman–Crippen MR) is 175 cm³/mol. The van der Waals surface area contributed by atoms with Crippen LogP contribution < -0.4 is 15.6 Å². The smallest absolute Gasteiger partial charge is 0.504 e. The monoisotopic (exact) mass is 627 g/mol. The molecule has 0 aliphatic carbocycles. The molecule has 44 heavy (non-hydrogen) atoms. The Hall–Kier alpha value is -3.66. The van der Waals surface area contributed by atoms with Crippen molar-refractivity contribution in [3.05, 3.63) is 53.3 Å². The van der Waals surface area contributed by atoms with E-state index in [0.29, 0.717) is 29.4 Å². The van der Waals surface area contributed by atoms with E-state index in [1.165, 1.54) is 6.07 Å². The molecule has 12 heteroatoms. The standard InChI is InChI=1S/C30H40N5O6P.C2H6/c1-7-9-13-23-33-25-26(35(23)17-18-11-10-12-22(27(18)37)41-42(38,39)40)20-15-14-19(16-21(20)32-28(25)31)29(3,4)30(5,6)34-24(36)8-2;1-2/h10-12,14-16,37H,7-9,13,17H2,1-6H3,(H2,31,32)(H,34,36)(H2,38,39,40);1-2H3. The number of carbonyl (C=O) groups excluding carboxylic acids is 1. The number of phosphoric acid groups is 1. The first-order chi connectivity index (χ1) is 20.6. The number of pyridine rings is 1. The summed E-state index contributed by atoms with van der Waals surface area (Å²) in [4.78, 5) is 40.4. The summed E-state index contributed by atoms with van der Waals surface area (Å²) in [5, 5.41) is 14.8. The van der Waals surface area contributed by atoms with Crippen LogP contribution in [0.5, 0.6) is 11.5 Å². The van der Waals surface area contributed by atoms with Crippen molar-refractivity contribution in [2.24, 2.45) is 0 Å². The van der Waals surface area contributed by atoms with Gasteiger partial charge in [-0.25, -0.2) is 14.5 Å². The fourth-order valence-corrected chi connectivity index (χ4v) is 5.47. The third-order valence-corrected chi connectivity index (χ3v) is 8.66. The number of phosphoric ester groups is 1. The Labute approximate surface area is 259 Å². The van der Waals surface area contributed by atoms with Gasteiger partial charge in [0.2, 0.25) is 5.91 Å². The Morgan fingerprint density at radius 2 is 1.77 bits per heavy atom. The largest absolute Gasteiger partial charge is 0.524 e. The van der Waals surface area contributed by atoms with E-state index in [0.717, 1.165) is 35.1 Å². The quantitative estimate of drug-likeness (QED) is 0.119. The van der Waals surface area contributed by atoms with Crippen molar-refractivity contribution in [3.8, 4) is 11.5 Å². The Bertz CT molecular complexity index is 1690. The molecular weight excluding hydrogens is 581 g/mol. The summed E-state index contributed by atoms with van der Waals surface area (Å²) in [6.45, 7) is 16.2. The lowest BCUT2D eigenvalue weighted by atomic mass is 9.69. The molecule has 2 heterocycles. The normalized spacial score (nSPS) is 12.2. The number of unbranched alkanes of at least 4 members (excludes halogenated alkanes) is 1. The van der Waals surface area contributed by atoms with Gasteiger partial charge in [-0.3, -0.25) is 14.6 Å². The minimum atomic E-state index is -4.88. The van der Waals surface area contributed by atoms with Gasteiger partial charge in [-0.2, -0.15) is 0 Å². The van der Waals surface area contributed by atoms with Crippen molar-refractivity contribution in [3.63, 3.8) is 0 Å². The lowest BCUT2D eigenvalue weighted by Crippen LogP contribution is -2.55. The number of rotatable bonds is 11. The molecule has 0 unspecified atom stereocenters. The highest BCUT2D eigenvalue weighted by molar-refractivity contribution is 7.46. The Morgan fingerprint density at radius 3 is 2.39 bits per heavy atom. The molecule has 2 aromatic heterocycles. The van der Waals surface area contributed by atoms with Gasteiger partial charge in [0.25, 0.3) is 0 Å². The number of aromatic nitrogens is 3. The Balaban J connectivity index is 0.00000259. The molecule has 0 saturated heterocycles. The number of hydrogen-bond acceptors (Lipinski definition) is 7. The highest BCUT2D eigenvalue weighted by Gasteiger charge is 2.39. The third kappa shape index (κ3) is 7.17. The van der Waals surface area contributed by atoms with E-state index >= 15 is 0 Å². The first kappa shape index (κ1) is 34.8. The van der Waals surface area contributed by atoms with E-state index in [1.807, 2.05) is 57.4 Å². The number of phenolic OH excluding ortho intramolecular Hbond substituents is 1. The van der Waals surface area contributed by atoms with Crippen LogP contribution >= 0.6 is 7.82 Å². The maximum absolute atomic E-state index is 12.3. The van der Waals surface area contributed by atoms with E-state index in [1.54, 1.807) is 12.1 Å². The van der Waals surface area contributed by atoms with Gasteiger partial charge in [0.15, 0.2) is 17.3 Å². The fourth-order valence-electron chi connectivity index (χ4n) is 5.06. The second-order valence-corrected chi connectivity index (χ2v) is 12.8. The lowest BCUT2D eigenvalue weighted by Gasteiger charge is -2.43. The van der Waals surface area contributed by atoms with E-state index in [9.17, 15) is 24.3 Å². The number of aryl methyl sites for hydroxylation is 1. The topological polar surface area (TPSA) is 173 Å². The molecule has 0 aliphatic rings. The van der Waals surface area contributed by atoms with E-state index < -0.39 is 18.8 Å². The van der Waals surface area contributed by atoms with Gasteiger partial charge in [0.05, 0.1) is 17.6 Å². The van der Waals surface area contributed by atoms with Gasteiger partial charge in [0.1, 0.15) is 11.3 Å². The molecule has 11 nitrogen and oxygen atoms in total. The molecule has 240 valence electrons. The van der Waals surface area contributed by atoms with Crippen LogP contribution in [-0.4, -0.2) is 40.9 Å². The van der Waals surface area contributed by atoms with Crippen LogP contribution in [0.2, 0.25) is 0 Å². The number of para-hydroxylation sites is 1. The molecule has 0 radical (unpaired) electrons. The minimum absolute atomic E-state index is 0.0278. The van der Waals surface area contributed by atoms with Gasteiger partial charge in [-0.1, -0.05) is 72.2 Å². The maximum atomic E-state index is 12.3. The van der Waals surface area contributed by atoms with Crippen molar-refractivity contribution < 1.29 is 28.8 Å². The maximum Gasteiger partial charge on any atom is 0.524 e. The SMILES string of the molecule is CC.CCCCc1nc2c(N)nc3cc(C(C)(C)C(C)(C)NC(=O)CC)ccc3c2n1Cc1cccc(OP(=O)(O)O)c1O. The van der Waals surface area contributed by atoms with Gasteiger partial charge in [-0.05, 0) is 38.0 Å². The van der Waals surface area contributed by atoms with Crippen LogP contribution in [0.25, 0.3) is 21.9 Å². The van der Waals surface area contributed by atoms with Gasteiger partial charge < -0.3 is 25.2 Å². The average Bonchev–Trinajstić information content (AvgIpc) is 3.32. The first-order valence-electron chi connectivity index (χ1n) is 15.1. The number of nitrogens with two attached hydrogens (primary N) is 1. The molecule has 0 spiro atoms.